The summed E-state index contributed by atoms with van der Waals surface area (Å²) >= 11 is 1.43. The highest BCUT2D eigenvalue weighted by Crippen LogP contribution is 2.16. The Morgan fingerprint density at radius 3 is 2.67 bits per heavy atom. The number of nitrogens with zero attached hydrogens (tertiary/aromatic N) is 1. The van der Waals surface area contributed by atoms with Crippen molar-refractivity contribution in [3.05, 3.63) is 53.0 Å². The van der Waals surface area contributed by atoms with Gasteiger partial charge in [0.1, 0.15) is 0 Å². The summed E-state index contributed by atoms with van der Waals surface area (Å²) in [5.74, 6) is -0.147. The molecule has 0 unspecified atom stereocenters. The van der Waals surface area contributed by atoms with Crippen molar-refractivity contribution in [3.8, 4) is 0 Å². The number of carbonyl (C=O) groups excluding carboxylic acids is 1. The number of amides is 1. The zero-order valence-electron chi connectivity index (χ0n) is 10.3. The van der Waals surface area contributed by atoms with E-state index in [-0.39, 0.29) is 5.91 Å². The maximum absolute atomic E-state index is 11.8. The normalized spacial score (nSPS) is 11.3. The summed E-state index contributed by atoms with van der Waals surface area (Å²) in [6.45, 7) is 3.82. The first-order valence-electron chi connectivity index (χ1n) is 5.62. The number of anilines is 1. The maximum atomic E-state index is 11.8. The lowest BCUT2D eigenvalue weighted by Gasteiger charge is -2.01. The number of benzene rings is 1. The molecule has 0 bridgehead atoms. The molecule has 0 spiro atoms. The predicted octanol–water partition coefficient (Wildman–Crippen LogP) is 3.49. The van der Waals surface area contributed by atoms with Gasteiger partial charge >= 0.3 is 0 Å². The monoisotopic (exact) mass is 258 g/mol. The fraction of sp³-hybridized carbons (Fsp3) is 0.143. The Balaban J connectivity index is 2.06. The number of rotatable bonds is 3. The third-order valence-corrected chi connectivity index (χ3v) is 3.30. The molecule has 1 aromatic heterocycles. The van der Waals surface area contributed by atoms with E-state index in [4.69, 9.17) is 0 Å². The molecule has 1 N–H and O–H groups in total. The van der Waals surface area contributed by atoms with Crippen LogP contribution in [0.3, 0.4) is 0 Å². The average molecular weight is 258 g/mol. The Morgan fingerprint density at radius 2 is 2.06 bits per heavy atom. The quantitative estimate of drug-likeness (QED) is 0.856. The predicted molar refractivity (Wildman–Crippen MR) is 75.6 cm³/mol. The van der Waals surface area contributed by atoms with E-state index >= 15 is 0 Å². The Kier molecular flexibility index (Phi) is 3.89. The van der Waals surface area contributed by atoms with Gasteiger partial charge < -0.3 is 0 Å². The number of thiazole rings is 1. The topological polar surface area (TPSA) is 42.0 Å². The van der Waals surface area contributed by atoms with E-state index in [1.165, 1.54) is 11.3 Å². The fourth-order valence-corrected chi connectivity index (χ4v) is 2.22. The SMILES string of the molecule is CC(=CC(=O)Nc1nc(C)cs1)c1ccccc1. The van der Waals surface area contributed by atoms with Crippen molar-refractivity contribution in [1.82, 2.24) is 4.98 Å². The third kappa shape index (κ3) is 3.28. The first-order chi connectivity index (χ1) is 8.65. The van der Waals surface area contributed by atoms with Gasteiger partial charge in [0, 0.05) is 11.5 Å². The molecular weight excluding hydrogens is 244 g/mol. The Morgan fingerprint density at radius 1 is 1.33 bits per heavy atom. The maximum Gasteiger partial charge on any atom is 0.250 e. The number of allylic oxidation sites excluding steroid dienone is 1. The lowest BCUT2D eigenvalue weighted by atomic mass is 10.1. The molecule has 0 fully saturated rings. The van der Waals surface area contributed by atoms with E-state index in [0.29, 0.717) is 5.13 Å². The van der Waals surface area contributed by atoms with E-state index in [0.717, 1.165) is 16.8 Å². The van der Waals surface area contributed by atoms with Gasteiger partial charge in [0.25, 0.3) is 0 Å². The first kappa shape index (κ1) is 12.5. The number of carbonyl (C=O) groups is 1. The van der Waals surface area contributed by atoms with Gasteiger partial charge in [0.2, 0.25) is 5.91 Å². The minimum atomic E-state index is -0.147. The summed E-state index contributed by atoms with van der Waals surface area (Å²) < 4.78 is 0. The van der Waals surface area contributed by atoms with Crippen LogP contribution in [0.5, 0.6) is 0 Å². The molecule has 3 nitrogen and oxygen atoms in total. The number of nitrogens with one attached hydrogen (secondary N) is 1. The molecule has 0 saturated carbocycles. The van der Waals surface area contributed by atoms with Gasteiger partial charge in [0.05, 0.1) is 5.69 Å². The molecule has 0 aliphatic rings. The van der Waals surface area contributed by atoms with E-state index in [9.17, 15) is 4.79 Å². The fourth-order valence-electron chi connectivity index (χ4n) is 1.53. The van der Waals surface area contributed by atoms with Crippen molar-refractivity contribution in [2.75, 3.05) is 5.32 Å². The zero-order chi connectivity index (χ0) is 13.0. The number of hydrogen-bond acceptors (Lipinski definition) is 3. The molecule has 0 aliphatic carbocycles. The van der Waals surface area contributed by atoms with E-state index in [1.807, 2.05) is 49.6 Å². The van der Waals surface area contributed by atoms with Gasteiger partial charge in [-0.2, -0.15) is 0 Å². The summed E-state index contributed by atoms with van der Waals surface area (Å²) in [5, 5.41) is 5.30. The van der Waals surface area contributed by atoms with Gasteiger partial charge in [-0.05, 0) is 25.0 Å². The first-order valence-corrected chi connectivity index (χ1v) is 6.50. The van der Waals surface area contributed by atoms with Crippen LogP contribution in [0.25, 0.3) is 5.57 Å². The van der Waals surface area contributed by atoms with E-state index in [1.54, 1.807) is 6.08 Å². The molecule has 1 heterocycles. The molecule has 0 aliphatic heterocycles. The molecular formula is C14H14N2OS. The Hall–Kier alpha value is -1.94. The van der Waals surface area contributed by atoms with Crippen LogP contribution in [0, 0.1) is 6.92 Å². The second kappa shape index (κ2) is 5.60. The van der Waals surface area contributed by atoms with Crippen molar-refractivity contribution in [3.63, 3.8) is 0 Å². The molecule has 1 aromatic carbocycles. The second-order valence-electron chi connectivity index (χ2n) is 3.98. The molecule has 1 amide bonds. The third-order valence-electron chi connectivity index (χ3n) is 2.43. The number of aromatic nitrogens is 1. The van der Waals surface area contributed by atoms with Gasteiger partial charge in [-0.3, -0.25) is 10.1 Å². The Bertz CT molecular complexity index is 572. The molecule has 92 valence electrons. The van der Waals surface area contributed by atoms with Crippen LogP contribution in [0.4, 0.5) is 5.13 Å². The highest BCUT2D eigenvalue weighted by atomic mass is 32.1. The van der Waals surface area contributed by atoms with Crippen LogP contribution in [0.1, 0.15) is 18.2 Å². The molecule has 2 aromatic rings. The van der Waals surface area contributed by atoms with Crippen molar-refractivity contribution in [1.29, 1.82) is 0 Å². The molecule has 0 atom stereocenters. The standard InChI is InChI=1S/C14H14N2OS/c1-10(12-6-4-3-5-7-12)8-13(17)16-14-15-11(2)9-18-14/h3-9H,1-2H3,(H,15,16,17). The summed E-state index contributed by atoms with van der Waals surface area (Å²) in [4.78, 5) is 16.0. The number of hydrogen-bond donors (Lipinski definition) is 1. The summed E-state index contributed by atoms with van der Waals surface area (Å²) in [5.41, 5.74) is 2.89. The van der Waals surface area contributed by atoms with Crippen LogP contribution in [0.15, 0.2) is 41.8 Å². The van der Waals surface area contributed by atoms with E-state index < -0.39 is 0 Å². The van der Waals surface area contributed by atoms with E-state index in [2.05, 4.69) is 10.3 Å². The summed E-state index contributed by atoms with van der Waals surface area (Å²) in [6, 6.07) is 9.82. The van der Waals surface area contributed by atoms with Crippen LogP contribution in [0.2, 0.25) is 0 Å². The van der Waals surface area contributed by atoms with Crippen molar-refractivity contribution in [2.24, 2.45) is 0 Å². The largest absolute Gasteiger partial charge is 0.298 e. The lowest BCUT2D eigenvalue weighted by molar-refractivity contribution is -0.111. The summed E-state index contributed by atoms with van der Waals surface area (Å²) in [6.07, 6.45) is 1.59. The van der Waals surface area contributed by atoms with Gasteiger partial charge in [-0.15, -0.1) is 11.3 Å². The average Bonchev–Trinajstić information content (AvgIpc) is 2.75. The van der Waals surface area contributed by atoms with Crippen molar-refractivity contribution in [2.45, 2.75) is 13.8 Å². The second-order valence-corrected chi connectivity index (χ2v) is 4.83. The van der Waals surface area contributed by atoms with Crippen LogP contribution in [-0.4, -0.2) is 10.9 Å². The molecule has 4 heteroatoms. The van der Waals surface area contributed by atoms with Crippen LogP contribution >= 0.6 is 11.3 Å². The molecule has 0 radical (unpaired) electrons. The Labute approximate surface area is 110 Å². The zero-order valence-corrected chi connectivity index (χ0v) is 11.1. The lowest BCUT2D eigenvalue weighted by Crippen LogP contribution is -2.08. The van der Waals surface area contributed by atoms with Crippen LogP contribution in [-0.2, 0) is 4.79 Å². The smallest absolute Gasteiger partial charge is 0.250 e. The highest BCUT2D eigenvalue weighted by molar-refractivity contribution is 7.13. The minimum Gasteiger partial charge on any atom is -0.298 e. The molecule has 0 saturated heterocycles. The summed E-state index contributed by atoms with van der Waals surface area (Å²) in [7, 11) is 0. The highest BCUT2D eigenvalue weighted by Gasteiger charge is 2.03. The van der Waals surface area contributed by atoms with Crippen LogP contribution < -0.4 is 5.32 Å². The van der Waals surface area contributed by atoms with Gasteiger partial charge in [-0.1, -0.05) is 30.3 Å². The minimum absolute atomic E-state index is 0.147. The molecule has 2 rings (SSSR count). The van der Waals surface area contributed by atoms with Crippen molar-refractivity contribution >= 4 is 27.9 Å². The molecule has 18 heavy (non-hydrogen) atoms. The van der Waals surface area contributed by atoms with Gasteiger partial charge in [0.15, 0.2) is 5.13 Å². The van der Waals surface area contributed by atoms with Gasteiger partial charge in [-0.25, -0.2) is 4.98 Å². The number of aryl methyl sites for hydroxylation is 1. The van der Waals surface area contributed by atoms with Crippen molar-refractivity contribution < 1.29 is 4.79 Å².